The summed E-state index contributed by atoms with van der Waals surface area (Å²) in [6, 6.07) is -8.66. The largest absolute Gasteiger partial charge is 0.458 e. The van der Waals surface area contributed by atoms with E-state index in [9.17, 15) is 48.9 Å². The van der Waals surface area contributed by atoms with Gasteiger partial charge in [-0.15, -0.1) is 0 Å². The summed E-state index contributed by atoms with van der Waals surface area (Å²) in [5.74, 6) is -6.53. The van der Waals surface area contributed by atoms with Crippen LogP contribution in [0.25, 0.3) is 0 Å². The van der Waals surface area contributed by atoms with E-state index in [1.165, 1.54) is 33.1 Å². The van der Waals surface area contributed by atoms with E-state index < -0.39 is 103 Å². The molecule has 0 aromatic rings. The van der Waals surface area contributed by atoms with E-state index in [-0.39, 0.29) is 43.4 Å². The molecule has 0 aliphatic carbocycles. The first-order valence-corrected chi connectivity index (χ1v) is 21.8. The Bertz CT molecular complexity index is 1400. The molecular weight excluding hydrogens is 777 g/mol. The Labute approximate surface area is 356 Å². The molecule has 9 unspecified atom stereocenters. The van der Waals surface area contributed by atoms with Crippen LogP contribution in [0.4, 0.5) is 0 Å². The molecular formula is C43H76N6O11. The Morgan fingerprint density at radius 2 is 1.30 bits per heavy atom. The molecule has 0 bridgehead atoms. The van der Waals surface area contributed by atoms with Gasteiger partial charge in [-0.05, 0) is 83.0 Å². The second-order valence-corrected chi connectivity index (χ2v) is 17.3. The monoisotopic (exact) mass is 853 g/mol. The number of carbonyl (C=O) groups excluding carboxylic acids is 7. The summed E-state index contributed by atoms with van der Waals surface area (Å²) in [5.41, 5.74) is 0. The van der Waals surface area contributed by atoms with Gasteiger partial charge < -0.3 is 52.0 Å². The van der Waals surface area contributed by atoms with Gasteiger partial charge in [-0.1, -0.05) is 79.9 Å². The van der Waals surface area contributed by atoms with Crippen molar-refractivity contribution in [2.75, 3.05) is 6.61 Å². The first kappa shape index (κ1) is 53.9. The number of allylic oxidation sites excluding steroid dienone is 2. The zero-order chi connectivity index (χ0) is 45.5. The number of ether oxygens (including phenoxy) is 1. The van der Waals surface area contributed by atoms with E-state index in [0.29, 0.717) is 12.8 Å². The van der Waals surface area contributed by atoms with Crippen molar-refractivity contribution in [1.29, 1.82) is 0 Å². The number of carbonyl (C=O) groups is 7. The number of aliphatic hydroxyl groups excluding tert-OH is 3. The fourth-order valence-electron chi connectivity index (χ4n) is 6.69. The number of cyclic esters (lactones) is 1. The summed E-state index contributed by atoms with van der Waals surface area (Å²) >= 11 is 0. The van der Waals surface area contributed by atoms with E-state index in [1.54, 1.807) is 0 Å². The summed E-state index contributed by atoms with van der Waals surface area (Å²) in [7, 11) is 0. The minimum Gasteiger partial charge on any atom is -0.458 e. The van der Waals surface area contributed by atoms with Gasteiger partial charge in [0, 0.05) is 0 Å². The summed E-state index contributed by atoms with van der Waals surface area (Å²) in [6.45, 7) is 14.7. The molecule has 1 aliphatic rings. The molecule has 17 heteroatoms. The second-order valence-electron chi connectivity index (χ2n) is 17.3. The lowest BCUT2D eigenvalue weighted by Gasteiger charge is -2.31. The molecule has 1 heterocycles. The molecule has 0 radical (unpaired) electrons. The maximum Gasteiger partial charge on any atom is 0.328 e. The molecule has 1 fully saturated rings. The standard InChI is InChI=1S/C43H76N6O11/c1-10-11-12-13-14-15-16-17-18-19-30(52)23-35(53)44-31(20-25(2)3)39(55)49-37-29(9)60-43(59)33(22-27(6)7)46-38(54)32(21-26(4)5)45-41(57)36(28(8)51)48-40(56)34(24-50)47-42(37)58/h15-16,25-34,36-37,50-52H,10-14,17-24H2,1-9H3,(H,44,53)(H,45,57)(H,46,54)(H,47,58)(H,48,56)(H,49,55). The maximum atomic E-state index is 13.9. The van der Waals surface area contributed by atoms with Crippen LogP contribution in [0.2, 0.25) is 0 Å². The molecule has 1 saturated heterocycles. The van der Waals surface area contributed by atoms with E-state index in [1.807, 2.05) is 41.5 Å². The van der Waals surface area contributed by atoms with Crippen molar-refractivity contribution < 1.29 is 53.6 Å². The first-order valence-electron chi connectivity index (χ1n) is 21.8. The highest BCUT2D eigenvalue weighted by atomic mass is 16.5. The molecule has 1 aliphatic heterocycles. The quantitative estimate of drug-likeness (QED) is 0.0431. The molecule has 1 rings (SSSR count). The van der Waals surface area contributed by atoms with Crippen LogP contribution >= 0.6 is 0 Å². The molecule has 9 atom stereocenters. The van der Waals surface area contributed by atoms with Crippen molar-refractivity contribution in [1.82, 2.24) is 31.9 Å². The number of esters is 1. The van der Waals surface area contributed by atoms with Gasteiger partial charge in [0.1, 0.15) is 42.4 Å². The van der Waals surface area contributed by atoms with Gasteiger partial charge in [0.2, 0.25) is 35.4 Å². The minimum absolute atomic E-state index is 0.103. The van der Waals surface area contributed by atoms with E-state index in [0.717, 1.165) is 19.3 Å². The van der Waals surface area contributed by atoms with Crippen LogP contribution in [0.15, 0.2) is 12.2 Å². The van der Waals surface area contributed by atoms with Crippen molar-refractivity contribution in [3.8, 4) is 0 Å². The minimum atomic E-state index is -1.71. The predicted octanol–water partition coefficient (Wildman–Crippen LogP) is 1.80. The predicted molar refractivity (Wildman–Crippen MR) is 227 cm³/mol. The average Bonchev–Trinajstić information content (AvgIpc) is 3.14. The number of nitrogens with one attached hydrogen (secondary N) is 6. The third kappa shape index (κ3) is 20.9. The Morgan fingerprint density at radius 3 is 1.87 bits per heavy atom. The van der Waals surface area contributed by atoms with Crippen LogP contribution in [-0.4, -0.2) is 118 Å². The zero-order valence-electron chi connectivity index (χ0n) is 37.4. The van der Waals surface area contributed by atoms with Crippen LogP contribution in [0.5, 0.6) is 0 Å². The van der Waals surface area contributed by atoms with Gasteiger partial charge in [0.05, 0.1) is 25.2 Å². The third-order valence-corrected chi connectivity index (χ3v) is 9.96. The topological polar surface area (TPSA) is 262 Å². The SMILES string of the molecule is CCCCCCC=CCCCC(O)CC(=O)NC(CC(C)C)C(=O)NC1C(=O)NC(CO)C(=O)NC(C(C)O)C(=O)NC(CC(C)C)C(=O)NC(CC(C)C)C(=O)OC1C. The lowest BCUT2D eigenvalue weighted by atomic mass is 9.99. The molecule has 60 heavy (non-hydrogen) atoms. The average molecular weight is 853 g/mol. The summed E-state index contributed by atoms with van der Waals surface area (Å²) in [4.78, 5) is 95.2. The Balaban J connectivity index is 3.41. The number of hydrogen-bond donors (Lipinski definition) is 9. The van der Waals surface area contributed by atoms with Gasteiger partial charge in [0.25, 0.3) is 0 Å². The molecule has 0 spiro atoms. The van der Waals surface area contributed by atoms with Crippen LogP contribution < -0.4 is 31.9 Å². The molecule has 17 nitrogen and oxygen atoms in total. The van der Waals surface area contributed by atoms with E-state index >= 15 is 0 Å². The van der Waals surface area contributed by atoms with Gasteiger partial charge in [-0.25, -0.2) is 4.79 Å². The van der Waals surface area contributed by atoms with Crippen molar-refractivity contribution >= 4 is 41.4 Å². The number of rotatable bonds is 22. The lowest BCUT2D eigenvalue weighted by Crippen LogP contribution is -2.64. The van der Waals surface area contributed by atoms with E-state index in [2.05, 4.69) is 51.0 Å². The summed E-state index contributed by atoms with van der Waals surface area (Å²) in [6.07, 6.45) is 7.98. The van der Waals surface area contributed by atoms with Crippen molar-refractivity contribution in [3.63, 3.8) is 0 Å². The van der Waals surface area contributed by atoms with Crippen LogP contribution in [0.1, 0.15) is 139 Å². The Hall–Kier alpha value is -4.09. The number of hydrogen-bond acceptors (Lipinski definition) is 11. The highest BCUT2D eigenvalue weighted by Crippen LogP contribution is 2.15. The first-order chi connectivity index (χ1) is 28.2. The maximum absolute atomic E-state index is 13.9. The van der Waals surface area contributed by atoms with Gasteiger partial charge in [-0.2, -0.15) is 0 Å². The second kappa shape index (κ2) is 28.4. The Kier molecular flexibility index (Phi) is 25.6. The summed E-state index contributed by atoms with van der Waals surface area (Å²) in [5, 5.41) is 46.3. The molecule has 6 amide bonds. The van der Waals surface area contributed by atoms with Crippen molar-refractivity contribution in [3.05, 3.63) is 12.2 Å². The highest BCUT2D eigenvalue weighted by molar-refractivity contribution is 5.97. The van der Waals surface area contributed by atoms with Crippen LogP contribution in [0.3, 0.4) is 0 Å². The zero-order valence-corrected chi connectivity index (χ0v) is 37.4. The number of aliphatic hydroxyl groups is 3. The molecule has 0 aromatic heterocycles. The highest BCUT2D eigenvalue weighted by Gasteiger charge is 2.39. The molecule has 0 aromatic carbocycles. The smallest absolute Gasteiger partial charge is 0.328 e. The summed E-state index contributed by atoms with van der Waals surface area (Å²) < 4.78 is 5.72. The van der Waals surface area contributed by atoms with Gasteiger partial charge in [-0.3, -0.25) is 28.8 Å². The fraction of sp³-hybridized carbons (Fsp3) is 0.791. The van der Waals surface area contributed by atoms with Crippen LogP contribution in [0, 0.1) is 17.8 Å². The van der Waals surface area contributed by atoms with E-state index in [4.69, 9.17) is 4.74 Å². The number of amides is 6. The van der Waals surface area contributed by atoms with Gasteiger partial charge >= 0.3 is 5.97 Å². The normalized spacial score (nSPS) is 24.0. The Morgan fingerprint density at radius 1 is 0.733 bits per heavy atom. The lowest BCUT2D eigenvalue weighted by molar-refractivity contribution is -0.156. The molecule has 344 valence electrons. The number of unbranched alkanes of at least 4 members (excludes halogenated alkanes) is 5. The van der Waals surface area contributed by atoms with Gasteiger partial charge in [0.15, 0.2) is 0 Å². The molecule has 0 saturated carbocycles. The van der Waals surface area contributed by atoms with Crippen LogP contribution in [-0.2, 0) is 38.3 Å². The third-order valence-electron chi connectivity index (χ3n) is 9.96. The van der Waals surface area contributed by atoms with Crippen molar-refractivity contribution in [2.45, 2.75) is 194 Å². The fourth-order valence-corrected chi connectivity index (χ4v) is 6.69. The molecule has 9 N–H and O–H groups in total. The van der Waals surface area contributed by atoms with Crippen molar-refractivity contribution in [2.24, 2.45) is 17.8 Å².